The lowest BCUT2D eigenvalue weighted by Crippen LogP contribution is -2.36. The Balaban J connectivity index is 1.46. The quantitative estimate of drug-likeness (QED) is 0.180. The first-order valence-electron chi connectivity index (χ1n) is 11.0. The summed E-state index contributed by atoms with van der Waals surface area (Å²) < 4.78 is 5.71. The van der Waals surface area contributed by atoms with Gasteiger partial charge in [0.25, 0.3) is 0 Å². The van der Waals surface area contributed by atoms with Gasteiger partial charge < -0.3 is 9.32 Å². The van der Waals surface area contributed by atoms with Crippen LogP contribution < -0.4 is 10.5 Å². The third-order valence-electron chi connectivity index (χ3n) is 6.05. The molecule has 1 aliphatic rings. The summed E-state index contributed by atoms with van der Waals surface area (Å²) >= 11 is 0. The normalized spacial score (nSPS) is 13.3. The van der Waals surface area contributed by atoms with Crippen molar-refractivity contribution in [2.24, 2.45) is 10.2 Å². The zero-order valence-electron chi connectivity index (χ0n) is 18.8. The molecule has 0 spiro atoms. The number of azo groups is 1. The fraction of sp³-hybridized carbons (Fsp3) is 0.148. The lowest BCUT2D eigenvalue weighted by Gasteiger charge is -2.33. The smallest absolute Gasteiger partial charge is 0.344 e. The molecule has 5 rings (SSSR count). The van der Waals surface area contributed by atoms with Crippen LogP contribution in [0.1, 0.15) is 23.1 Å². The van der Waals surface area contributed by atoms with Crippen LogP contribution in [0.2, 0.25) is 0 Å². The SMILES string of the molecule is C=C(N=NC(=N)c1ccccc1)c1cncc(-c2c(C)c3ccc(N4CCC4)cc3oc2=O)c1. The highest BCUT2D eigenvalue weighted by Crippen LogP contribution is 2.31. The largest absolute Gasteiger partial charge is 0.422 e. The first-order valence-corrected chi connectivity index (χ1v) is 11.0. The molecule has 1 saturated heterocycles. The van der Waals surface area contributed by atoms with Crippen molar-refractivity contribution in [2.75, 3.05) is 18.0 Å². The summed E-state index contributed by atoms with van der Waals surface area (Å²) in [5.41, 5.74) is 4.75. The van der Waals surface area contributed by atoms with Crippen molar-refractivity contribution in [1.82, 2.24) is 4.98 Å². The van der Waals surface area contributed by atoms with E-state index in [9.17, 15) is 4.79 Å². The van der Waals surface area contributed by atoms with Gasteiger partial charge in [-0.2, -0.15) is 0 Å². The van der Waals surface area contributed by atoms with E-state index in [-0.39, 0.29) is 5.84 Å². The number of fused-ring (bicyclic) bond motifs is 1. The molecule has 0 bridgehead atoms. The van der Waals surface area contributed by atoms with Crippen molar-refractivity contribution in [1.29, 1.82) is 5.41 Å². The van der Waals surface area contributed by atoms with E-state index in [1.54, 1.807) is 30.6 Å². The molecular formula is C27H23N5O2. The minimum atomic E-state index is -0.414. The Labute approximate surface area is 196 Å². The second-order valence-corrected chi connectivity index (χ2v) is 8.23. The van der Waals surface area contributed by atoms with Crippen LogP contribution in [0, 0.1) is 12.3 Å². The van der Waals surface area contributed by atoms with Crippen LogP contribution in [0.4, 0.5) is 5.69 Å². The Morgan fingerprint density at radius 2 is 1.85 bits per heavy atom. The van der Waals surface area contributed by atoms with Crippen LogP contribution in [-0.4, -0.2) is 23.9 Å². The van der Waals surface area contributed by atoms with E-state index in [1.165, 1.54) is 6.42 Å². The summed E-state index contributed by atoms with van der Waals surface area (Å²) in [5, 5.41) is 17.0. The molecule has 7 heteroatoms. The van der Waals surface area contributed by atoms with E-state index in [4.69, 9.17) is 9.83 Å². The minimum Gasteiger partial charge on any atom is -0.422 e. The van der Waals surface area contributed by atoms with E-state index in [1.807, 2.05) is 37.3 Å². The zero-order valence-corrected chi connectivity index (χ0v) is 18.8. The maximum absolute atomic E-state index is 13.0. The number of nitrogens with zero attached hydrogens (tertiary/aromatic N) is 4. The molecule has 2 aromatic heterocycles. The molecule has 168 valence electrons. The van der Waals surface area contributed by atoms with Gasteiger partial charge in [0.15, 0.2) is 5.84 Å². The summed E-state index contributed by atoms with van der Waals surface area (Å²) in [6, 6.07) is 16.9. The Morgan fingerprint density at radius 3 is 2.59 bits per heavy atom. The van der Waals surface area contributed by atoms with Crippen LogP contribution in [-0.2, 0) is 0 Å². The van der Waals surface area contributed by atoms with Gasteiger partial charge in [0.05, 0.1) is 11.3 Å². The van der Waals surface area contributed by atoms with E-state index in [0.717, 1.165) is 29.7 Å². The molecule has 1 aliphatic heterocycles. The van der Waals surface area contributed by atoms with Crippen LogP contribution >= 0.6 is 0 Å². The predicted molar refractivity (Wildman–Crippen MR) is 134 cm³/mol. The molecule has 0 saturated carbocycles. The third kappa shape index (κ3) is 4.03. The van der Waals surface area contributed by atoms with E-state index in [2.05, 4.69) is 32.8 Å². The molecule has 7 nitrogen and oxygen atoms in total. The Hall–Kier alpha value is -4.39. The average Bonchev–Trinajstić information content (AvgIpc) is 2.82. The van der Waals surface area contributed by atoms with Crippen LogP contribution in [0.3, 0.4) is 0 Å². The number of hydrogen-bond acceptors (Lipinski definition) is 6. The maximum atomic E-state index is 13.0. The molecule has 2 aromatic carbocycles. The van der Waals surface area contributed by atoms with Gasteiger partial charge in [-0.3, -0.25) is 10.4 Å². The number of nitrogens with one attached hydrogen (secondary N) is 1. The molecule has 1 fully saturated rings. The van der Waals surface area contributed by atoms with Crippen LogP contribution in [0.25, 0.3) is 27.8 Å². The van der Waals surface area contributed by atoms with Gasteiger partial charge in [-0.25, -0.2) is 4.79 Å². The van der Waals surface area contributed by atoms with E-state index < -0.39 is 5.63 Å². The summed E-state index contributed by atoms with van der Waals surface area (Å²) in [7, 11) is 0. The maximum Gasteiger partial charge on any atom is 0.344 e. The van der Waals surface area contributed by atoms with Gasteiger partial charge in [0, 0.05) is 59.3 Å². The fourth-order valence-corrected chi connectivity index (χ4v) is 4.01. The highest BCUT2D eigenvalue weighted by Gasteiger charge is 2.18. The number of rotatable bonds is 5. The number of aryl methyl sites for hydroxylation is 1. The summed E-state index contributed by atoms with van der Waals surface area (Å²) in [6.45, 7) is 7.92. The van der Waals surface area contributed by atoms with Crippen molar-refractivity contribution in [3.05, 3.63) is 101 Å². The van der Waals surface area contributed by atoms with Gasteiger partial charge in [-0.1, -0.05) is 36.9 Å². The predicted octanol–water partition coefficient (Wildman–Crippen LogP) is 5.82. The van der Waals surface area contributed by atoms with Crippen molar-refractivity contribution >= 4 is 28.2 Å². The molecule has 0 radical (unpaired) electrons. The molecule has 34 heavy (non-hydrogen) atoms. The molecule has 4 aromatic rings. The Kier molecular flexibility index (Phi) is 5.59. The zero-order chi connectivity index (χ0) is 23.7. The summed E-state index contributed by atoms with van der Waals surface area (Å²) in [6.07, 6.45) is 4.41. The van der Waals surface area contributed by atoms with E-state index in [0.29, 0.717) is 33.5 Å². The number of hydrogen-bond donors (Lipinski definition) is 1. The van der Waals surface area contributed by atoms with Crippen molar-refractivity contribution in [3.63, 3.8) is 0 Å². The van der Waals surface area contributed by atoms with Crippen molar-refractivity contribution < 1.29 is 4.42 Å². The van der Waals surface area contributed by atoms with Gasteiger partial charge >= 0.3 is 5.63 Å². The molecular weight excluding hydrogens is 426 g/mol. The first kappa shape index (κ1) is 21.5. The fourth-order valence-electron chi connectivity index (χ4n) is 4.01. The number of benzene rings is 2. The number of pyridine rings is 1. The lowest BCUT2D eigenvalue weighted by molar-refractivity contribution is 0.561. The number of amidine groups is 1. The second kappa shape index (κ2) is 8.86. The van der Waals surface area contributed by atoms with Crippen LogP contribution in [0.5, 0.6) is 0 Å². The molecule has 1 N–H and O–H groups in total. The number of anilines is 1. The second-order valence-electron chi connectivity index (χ2n) is 8.23. The van der Waals surface area contributed by atoms with Crippen LogP contribution in [0.15, 0.2) is 93.0 Å². The summed E-state index contributed by atoms with van der Waals surface area (Å²) in [5.74, 6) is 0.0366. The highest BCUT2D eigenvalue weighted by molar-refractivity contribution is 5.97. The third-order valence-corrected chi connectivity index (χ3v) is 6.05. The Bertz CT molecular complexity index is 1500. The molecule has 3 heterocycles. The average molecular weight is 450 g/mol. The molecule has 0 unspecified atom stereocenters. The Morgan fingerprint density at radius 1 is 1.06 bits per heavy atom. The van der Waals surface area contributed by atoms with Gasteiger partial charge in [0.1, 0.15) is 5.58 Å². The topological polar surface area (TPSA) is 94.9 Å². The van der Waals surface area contributed by atoms with Gasteiger partial charge in [-0.15, -0.1) is 10.2 Å². The number of aromatic nitrogens is 1. The van der Waals surface area contributed by atoms with Crippen molar-refractivity contribution in [2.45, 2.75) is 13.3 Å². The first-order chi connectivity index (χ1) is 16.5. The van der Waals surface area contributed by atoms with E-state index >= 15 is 0 Å². The monoisotopic (exact) mass is 449 g/mol. The van der Waals surface area contributed by atoms with Crippen molar-refractivity contribution in [3.8, 4) is 11.1 Å². The highest BCUT2D eigenvalue weighted by atomic mass is 16.4. The lowest BCUT2D eigenvalue weighted by atomic mass is 9.99. The molecule has 0 aliphatic carbocycles. The van der Waals surface area contributed by atoms with Gasteiger partial charge in [0.2, 0.25) is 0 Å². The van der Waals surface area contributed by atoms with Gasteiger partial charge in [-0.05, 0) is 37.1 Å². The molecule has 0 atom stereocenters. The minimum absolute atomic E-state index is 0.0366. The standard InChI is InChI=1S/C27H23N5O2/c1-17-23-10-9-22(32-11-6-12-32)14-24(23)34-27(33)25(17)21-13-20(15-29-16-21)18(2)30-31-26(28)19-7-4-3-5-8-19/h3-5,7-10,13-16,28H,2,6,11-12H2,1H3. The summed E-state index contributed by atoms with van der Waals surface area (Å²) in [4.78, 5) is 19.5. The molecule has 0 amide bonds.